The molecule has 1 heterocycles. The molecular formula is C9H17NO3. The fraction of sp³-hybridized carbons (Fsp3) is 0.889. The van der Waals surface area contributed by atoms with Gasteiger partial charge in [-0.3, -0.25) is 4.79 Å². The minimum atomic E-state index is -0.787. The normalized spacial score (nSPS) is 19.9. The van der Waals surface area contributed by atoms with Crippen LogP contribution in [0.15, 0.2) is 0 Å². The SMILES string of the molecule is CC(C)COC1(CC(=O)O)CNC1. The second kappa shape index (κ2) is 4.07. The van der Waals surface area contributed by atoms with E-state index in [1.807, 2.05) is 0 Å². The quantitative estimate of drug-likeness (QED) is 0.657. The van der Waals surface area contributed by atoms with Crippen LogP contribution in [0.4, 0.5) is 0 Å². The molecule has 0 atom stereocenters. The van der Waals surface area contributed by atoms with Crippen molar-refractivity contribution in [3.63, 3.8) is 0 Å². The van der Waals surface area contributed by atoms with Crippen LogP contribution in [0.5, 0.6) is 0 Å². The van der Waals surface area contributed by atoms with E-state index in [0.717, 1.165) is 0 Å². The maximum atomic E-state index is 10.5. The average Bonchev–Trinajstić information content (AvgIpc) is 1.93. The molecule has 0 amide bonds. The van der Waals surface area contributed by atoms with Gasteiger partial charge in [0.05, 0.1) is 6.42 Å². The van der Waals surface area contributed by atoms with Gasteiger partial charge >= 0.3 is 5.97 Å². The van der Waals surface area contributed by atoms with Gasteiger partial charge in [-0.15, -0.1) is 0 Å². The van der Waals surface area contributed by atoms with Crippen molar-refractivity contribution in [3.8, 4) is 0 Å². The van der Waals surface area contributed by atoms with Gasteiger partial charge in [-0.25, -0.2) is 0 Å². The number of nitrogens with one attached hydrogen (secondary N) is 1. The Kier molecular flexibility index (Phi) is 3.27. The first kappa shape index (κ1) is 10.5. The zero-order valence-corrected chi connectivity index (χ0v) is 8.17. The van der Waals surface area contributed by atoms with Crippen LogP contribution in [-0.2, 0) is 9.53 Å². The second-order valence-corrected chi connectivity index (χ2v) is 4.06. The Bertz CT molecular complexity index is 187. The molecule has 0 aromatic carbocycles. The Hall–Kier alpha value is -0.610. The summed E-state index contributed by atoms with van der Waals surface area (Å²) in [6.45, 7) is 6.06. The number of ether oxygens (including phenoxy) is 1. The highest BCUT2D eigenvalue weighted by atomic mass is 16.5. The van der Waals surface area contributed by atoms with Gasteiger partial charge in [0.1, 0.15) is 5.60 Å². The second-order valence-electron chi connectivity index (χ2n) is 4.06. The molecule has 0 radical (unpaired) electrons. The van der Waals surface area contributed by atoms with Crippen LogP contribution in [0.25, 0.3) is 0 Å². The molecule has 1 aliphatic rings. The fourth-order valence-corrected chi connectivity index (χ4v) is 1.30. The molecule has 4 heteroatoms. The molecule has 0 aromatic rings. The molecule has 0 bridgehead atoms. The molecule has 1 saturated heterocycles. The Balaban J connectivity index is 2.36. The third-order valence-electron chi connectivity index (χ3n) is 2.09. The molecule has 1 fully saturated rings. The van der Waals surface area contributed by atoms with Crippen molar-refractivity contribution in [3.05, 3.63) is 0 Å². The standard InChI is InChI=1S/C9H17NO3/c1-7(2)4-13-9(3-8(11)12)5-10-6-9/h7,10H,3-6H2,1-2H3,(H,11,12). The molecule has 0 saturated carbocycles. The summed E-state index contributed by atoms with van der Waals surface area (Å²) in [6, 6.07) is 0. The Morgan fingerprint density at radius 3 is 2.54 bits per heavy atom. The molecule has 1 rings (SSSR count). The third kappa shape index (κ3) is 2.97. The lowest BCUT2D eigenvalue weighted by atomic mass is 9.92. The van der Waals surface area contributed by atoms with Crippen molar-refractivity contribution in [2.24, 2.45) is 5.92 Å². The smallest absolute Gasteiger partial charge is 0.306 e. The number of hydrogen-bond acceptors (Lipinski definition) is 3. The monoisotopic (exact) mass is 187 g/mol. The van der Waals surface area contributed by atoms with Gasteiger partial charge in [-0.2, -0.15) is 0 Å². The average molecular weight is 187 g/mol. The van der Waals surface area contributed by atoms with Gasteiger partial charge in [-0.1, -0.05) is 13.8 Å². The number of hydrogen-bond donors (Lipinski definition) is 2. The molecule has 4 nitrogen and oxygen atoms in total. The summed E-state index contributed by atoms with van der Waals surface area (Å²) >= 11 is 0. The van der Waals surface area contributed by atoms with E-state index in [1.54, 1.807) is 0 Å². The first-order valence-corrected chi connectivity index (χ1v) is 4.60. The van der Waals surface area contributed by atoms with Crippen LogP contribution in [0.1, 0.15) is 20.3 Å². The Morgan fingerprint density at radius 1 is 1.62 bits per heavy atom. The van der Waals surface area contributed by atoms with Crippen LogP contribution in [0, 0.1) is 5.92 Å². The number of carboxylic acid groups (broad SMARTS) is 1. The molecule has 13 heavy (non-hydrogen) atoms. The summed E-state index contributed by atoms with van der Waals surface area (Å²) < 4.78 is 5.59. The topological polar surface area (TPSA) is 58.6 Å². The Labute approximate surface area is 78.3 Å². The largest absolute Gasteiger partial charge is 0.481 e. The lowest BCUT2D eigenvalue weighted by Gasteiger charge is -2.41. The van der Waals surface area contributed by atoms with Crippen molar-refractivity contribution in [2.75, 3.05) is 19.7 Å². The van der Waals surface area contributed by atoms with Gasteiger partial charge in [-0.05, 0) is 5.92 Å². The van der Waals surface area contributed by atoms with E-state index < -0.39 is 11.6 Å². The molecule has 0 aromatic heterocycles. The predicted octanol–water partition coefficient (Wildman–Crippen LogP) is 0.476. The van der Waals surface area contributed by atoms with E-state index in [4.69, 9.17) is 9.84 Å². The van der Waals surface area contributed by atoms with Crippen LogP contribution in [0.3, 0.4) is 0 Å². The van der Waals surface area contributed by atoms with Crippen molar-refractivity contribution in [2.45, 2.75) is 25.9 Å². The van der Waals surface area contributed by atoms with Crippen LogP contribution >= 0.6 is 0 Å². The third-order valence-corrected chi connectivity index (χ3v) is 2.09. The van der Waals surface area contributed by atoms with Gasteiger partial charge < -0.3 is 15.2 Å². The van der Waals surface area contributed by atoms with E-state index in [0.29, 0.717) is 25.6 Å². The highest BCUT2D eigenvalue weighted by Gasteiger charge is 2.40. The highest BCUT2D eigenvalue weighted by molar-refractivity contribution is 5.68. The van der Waals surface area contributed by atoms with E-state index in [1.165, 1.54) is 0 Å². The van der Waals surface area contributed by atoms with E-state index in [2.05, 4.69) is 19.2 Å². The number of aliphatic carboxylic acids is 1. The van der Waals surface area contributed by atoms with Crippen LogP contribution in [0.2, 0.25) is 0 Å². The van der Waals surface area contributed by atoms with Gasteiger partial charge in [0, 0.05) is 19.7 Å². The summed E-state index contributed by atoms with van der Waals surface area (Å²) in [5.41, 5.74) is -0.434. The number of carbonyl (C=O) groups is 1. The molecule has 0 unspecified atom stereocenters. The lowest BCUT2D eigenvalue weighted by Crippen LogP contribution is -2.62. The van der Waals surface area contributed by atoms with Gasteiger partial charge in [0.2, 0.25) is 0 Å². The van der Waals surface area contributed by atoms with Crippen LogP contribution in [-0.4, -0.2) is 36.4 Å². The van der Waals surface area contributed by atoms with Crippen molar-refractivity contribution >= 4 is 5.97 Å². The van der Waals surface area contributed by atoms with Crippen molar-refractivity contribution in [1.29, 1.82) is 0 Å². The summed E-state index contributed by atoms with van der Waals surface area (Å²) in [5.74, 6) is -0.337. The summed E-state index contributed by atoms with van der Waals surface area (Å²) in [6.07, 6.45) is 0.104. The Morgan fingerprint density at radius 2 is 2.23 bits per heavy atom. The summed E-state index contributed by atoms with van der Waals surface area (Å²) in [4.78, 5) is 10.5. The predicted molar refractivity (Wildman–Crippen MR) is 48.6 cm³/mol. The maximum Gasteiger partial charge on any atom is 0.306 e. The molecule has 76 valence electrons. The van der Waals surface area contributed by atoms with E-state index >= 15 is 0 Å². The highest BCUT2D eigenvalue weighted by Crippen LogP contribution is 2.22. The molecule has 2 N–H and O–H groups in total. The molecular weight excluding hydrogens is 170 g/mol. The summed E-state index contributed by atoms with van der Waals surface area (Å²) in [7, 11) is 0. The molecule has 1 aliphatic heterocycles. The van der Waals surface area contributed by atoms with Crippen LogP contribution < -0.4 is 5.32 Å². The number of carboxylic acids is 1. The van der Waals surface area contributed by atoms with Gasteiger partial charge in [0.15, 0.2) is 0 Å². The minimum absolute atomic E-state index is 0.104. The van der Waals surface area contributed by atoms with E-state index in [-0.39, 0.29) is 6.42 Å². The van der Waals surface area contributed by atoms with Gasteiger partial charge in [0.25, 0.3) is 0 Å². The first-order valence-electron chi connectivity index (χ1n) is 4.60. The summed E-state index contributed by atoms with van der Waals surface area (Å²) in [5, 5.41) is 11.7. The first-order chi connectivity index (χ1) is 6.04. The van der Waals surface area contributed by atoms with Crippen molar-refractivity contribution in [1.82, 2.24) is 5.32 Å². The molecule has 0 spiro atoms. The zero-order valence-electron chi connectivity index (χ0n) is 8.17. The molecule has 0 aliphatic carbocycles. The maximum absolute atomic E-state index is 10.5. The zero-order chi connectivity index (χ0) is 9.90. The fourth-order valence-electron chi connectivity index (χ4n) is 1.30. The number of rotatable bonds is 5. The lowest BCUT2D eigenvalue weighted by molar-refractivity contribution is -0.151. The van der Waals surface area contributed by atoms with E-state index in [9.17, 15) is 4.79 Å². The van der Waals surface area contributed by atoms with Crippen molar-refractivity contribution < 1.29 is 14.6 Å². The minimum Gasteiger partial charge on any atom is -0.481 e.